The molecule has 0 bridgehead atoms. The van der Waals surface area contributed by atoms with E-state index >= 15 is 0 Å². The van der Waals surface area contributed by atoms with Crippen LogP contribution in [0, 0.1) is 20.2 Å². The third-order valence-electron chi connectivity index (χ3n) is 6.70. The van der Waals surface area contributed by atoms with E-state index in [1.54, 1.807) is 75.6 Å². The molecule has 0 radical (unpaired) electrons. The first-order valence-electron chi connectivity index (χ1n) is 13.2. The van der Waals surface area contributed by atoms with Gasteiger partial charge in [0.2, 0.25) is 5.75 Å². The predicted molar refractivity (Wildman–Crippen MR) is 160 cm³/mol. The van der Waals surface area contributed by atoms with Crippen molar-refractivity contribution in [2.45, 2.75) is 19.9 Å². The Kier molecular flexibility index (Phi) is 8.35. The highest BCUT2D eigenvalue weighted by atomic mass is 32.1. The summed E-state index contributed by atoms with van der Waals surface area (Å²) in [6.45, 7) is 3.56. The molecule has 1 aromatic heterocycles. The lowest BCUT2D eigenvalue weighted by Gasteiger charge is -2.24. The molecule has 2 heterocycles. The number of aromatic nitrogens is 1. The number of allylic oxidation sites excluding steroid dienone is 1. The van der Waals surface area contributed by atoms with E-state index < -0.39 is 33.2 Å². The summed E-state index contributed by atoms with van der Waals surface area (Å²) in [5.74, 6) is 0.144. The Labute approximate surface area is 252 Å². The maximum absolute atomic E-state index is 13.8. The molecule has 0 spiro atoms. The van der Waals surface area contributed by atoms with Gasteiger partial charge in [0.25, 0.3) is 11.2 Å². The number of rotatable bonds is 9. The summed E-state index contributed by atoms with van der Waals surface area (Å²) in [4.78, 5) is 52.8. The number of esters is 1. The second-order valence-corrected chi connectivity index (χ2v) is 10.4. The highest BCUT2D eigenvalue weighted by Gasteiger charge is 2.33. The number of methoxy groups -OCH3 is 1. The molecule has 224 valence electrons. The molecule has 44 heavy (non-hydrogen) atoms. The zero-order valence-corrected chi connectivity index (χ0v) is 24.4. The van der Waals surface area contributed by atoms with Crippen LogP contribution in [-0.4, -0.2) is 34.1 Å². The third-order valence-corrected chi connectivity index (χ3v) is 7.69. The van der Waals surface area contributed by atoms with Gasteiger partial charge in [-0.25, -0.2) is 9.79 Å². The first-order valence-corrected chi connectivity index (χ1v) is 14.0. The van der Waals surface area contributed by atoms with Crippen LogP contribution >= 0.6 is 11.3 Å². The monoisotopic (exact) mass is 616 g/mol. The first-order chi connectivity index (χ1) is 21.1. The highest BCUT2D eigenvalue weighted by Crippen LogP contribution is 2.35. The summed E-state index contributed by atoms with van der Waals surface area (Å²) in [7, 11) is 1.55. The average molecular weight is 617 g/mol. The van der Waals surface area contributed by atoms with Gasteiger partial charge in [-0.1, -0.05) is 35.6 Å². The zero-order chi connectivity index (χ0) is 31.5. The van der Waals surface area contributed by atoms with Crippen molar-refractivity contribution < 1.29 is 28.9 Å². The summed E-state index contributed by atoms with van der Waals surface area (Å²) >= 11 is 1.17. The molecule has 0 fully saturated rings. The molecule has 0 N–H and O–H groups in total. The maximum Gasteiger partial charge on any atom is 0.338 e. The summed E-state index contributed by atoms with van der Waals surface area (Å²) in [5.41, 5.74) is 0.677. The van der Waals surface area contributed by atoms with E-state index in [2.05, 4.69) is 4.99 Å². The van der Waals surface area contributed by atoms with Crippen molar-refractivity contribution in [3.63, 3.8) is 0 Å². The van der Waals surface area contributed by atoms with Gasteiger partial charge < -0.3 is 14.2 Å². The molecule has 0 unspecified atom stereocenters. The third kappa shape index (κ3) is 5.83. The number of carbonyl (C=O) groups is 1. The molecule has 3 aromatic carbocycles. The zero-order valence-electron chi connectivity index (χ0n) is 23.6. The van der Waals surface area contributed by atoms with Crippen molar-refractivity contribution in [2.75, 3.05) is 13.7 Å². The molecule has 1 atom stereocenters. The van der Waals surface area contributed by atoms with Crippen LogP contribution in [0.25, 0.3) is 6.08 Å². The molecule has 0 aliphatic carbocycles. The molecule has 5 rings (SSSR count). The van der Waals surface area contributed by atoms with Crippen molar-refractivity contribution >= 4 is 34.8 Å². The number of carbonyl (C=O) groups excluding carboxylic acids is 1. The molecule has 0 saturated heterocycles. The lowest BCUT2D eigenvalue weighted by Crippen LogP contribution is -2.39. The Balaban J connectivity index is 1.51. The maximum atomic E-state index is 13.8. The summed E-state index contributed by atoms with van der Waals surface area (Å²) in [5, 5.41) is 22.4. The van der Waals surface area contributed by atoms with Crippen molar-refractivity contribution in [1.29, 1.82) is 0 Å². The largest absolute Gasteiger partial charge is 0.497 e. The van der Waals surface area contributed by atoms with E-state index in [0.717, 1.165) is 18.2 Å². The Morgan fingerprint density at radius 2 is 1.70 bits per heavy atom. The fraction of sp³-hybridized carbons (Fsp3) is 0.167. The molecule has 13 nitrogen and oxygen atoms in total. The van der Waals surface area contributed by atoms with Crippen LogP contribution in [-0.2, 0) is 9.53 Å². The van der Waals surface area contributed by atoms with Gasteiger partial charge in [0.1, 0.15) is 11.5 Å². The molecule has 1 aliphatic rings. The number of ether oxygens (including phenoxy) is 3. The first kappa shape index (κ1) is 29.8. The Hall–Kier alpha value is -5.63. The number of nitro groups is 2. The number of nitrogens with zero attached hydrogens (tertiary/aromatic N) is 4. The lowest BCUT2D eigenvalue weighted by atomic mass is 9.96. The van der Waals surface area contributed by atoms with Crippen molar-refractivity contribution in [3.8, 4) is 17.2 Å². The average Bonchev–Trinajstić information content (AvgIpc) is 3.31. The van der Waals surface area contributed by atoms with E-state index in [1.807, 2.05) is 0 Å². The number of benzene rings is 3. The minimum Gasteiger partial charge on any atom is -0.497 e. The smallest absolute Gasteiger partial charge is 0.338 e. The van der Waals surface area contributed by atoms with Gasteiger partial charge in [0, 0.05) is 6.07 Å². The van der Waals surface area contributed by atoms with Crippen molar-refractivity contribution in [1.82, 2.24) is 4.57 Å². The van der Waals surface area contributed by atoms with E-state index in [4.69, 9.17) is 14.2 Å². The van der Waals surface area contributed by atoms with Gasteiger partial charge in [-0.15, -0.1) is 0 Å². The van der Waals surface area contributed by atoms with E-state index in [-0.39, 0.29) is 29.2 Å². The molecule has 0 saturated carbocycles. The molecule has 14 heteroatoms. The predicted octanol–water partition coefficient (Wildman–Crippen LogP) is 4.42. The van der Waals surface area contributed by atoms with Gasteiger partial charge in [-0.3, -0.25) is 29.6 Å². The second kappa shape index (κ2) is 12.3. The number of fused-ring (bicyclic) bond motifs is 1. The minimum absolute atomic E-state index is 0.159. The quantitative estimate of drug-likeness (QED) is 0.150. The molecule has 0 amide bonds. The van der Waals surface area contributed by atoms with Crippen LogP contribution in [0.5, 0.6) is 17.2 Å². The Bertz CT molecular complexity index is 2000. The van der Waals surface area contributed by atoms with Gasteiger partial charge >= 0.3 is 11.7 Å². The summed E-state index contributed by atoms with van der Waals surface area (Å²) in [6.07, 6.45) is 1.66. The number of hydrogen-bond acceptors (Lipinski definition) is 11. The van der Waals surface area contributed by atoms with Crippen molar-refractivity contribution in [3.05, 3.63) is 129 Å². The van der Waals surface area contributed by atoms with Crippen LogP contribution in [0.1, 0.15) is 31.0 Å². The summed E-state index contributed by atoms with van der Waals surface area (Å²) in [6, 6.07) is 15.8. The standard InChI is InChI=1S/C30H24N4O9S/c1-4-42-29(36)26-17(2)31-30-32(27(26)19-7-12-21(41-3)13-8-19)28(35)25(44-30)15-18-5-10-22(11-6-18)43-24-14-9-20(33(37)38)16-23(24)34(39)40/h5-16,27H,4H2,1-3H3/b25-15-/t27-/m0/s1. The van der Waals surface area contributed by atoms with E-state index in [1.165, 1.54) is 15.9 Å². The topological polar surface area (TPSA) is 165 Å². The summed E-state index contributed by atoms with van der Waals surface area (Å²) < 4.78 is 18.1. The van der Waals surface area contributed by atoms with Crippen LogP contribution in [0.15, 0.2) is 87.8 Å². The number of hydrogen-bond donors (Lipinski definition) is 0. The van der Waals surface area contributed by atoms with Crippen molar-refractivity contribution in [2.24, 2.45) is 4.99 Å². The van der Waals surface area contributed by atoms with Crippen LogP contribution in [0.2, 0.25) is 0 Å². The van der Waals surface area contributed by atoms with Crippen LogP contribution in [0.3, 0.4) is 0 Å². The second-order valence-electron chi connectivity index (χ2n) is 9.41. The van der Waals surface area contributed by atoms with E-state index in [0.29, 0.717) is 31.9 Å². The lowest BCUT2D eigenvalue weighted by molar-refractivity contribution is -0.394. The molecule has 4 aromatic rings. The number of nitro benzene ring substituents is 2. The normalized spacial score (nSPS) is 14.4. The van der Waals surface area contributed by atoms with Gasteiger partial charge in [-0.05, 0) is 61.4 Å². The van der Waals surface area contributed by atoms with Crippen LogP contribution in [0.4, 0.5) is 11.4 Å². The molecule has 1 aliphatic heterocycles. The fourth-order valence-corrected chi connectivity index (χ4v) is 5.70. The number of thiazole rings is 1. The fourth-order valence-electron chi connectivity index (χ4n) is 4.65. The van der Waals surface area contributed by atoms with Gasteiger partial charge in [-0.2, -0.15) is 0 Å². The molecular formula is C30H24N4O9S. The van der Waals surface area contributed by atoms with E-state index in [9.17, 15) is 29.8 Å². The highest BCUT2D eigenvalue weighted by molar-refractivity contribution is 7.07. The Morgan fingerprint density at radius 1 is 1.02 bits per heavy atom. The Morgan fingerprint density at radius 3 is 2.32 bits per heavy atom. The number of non-ortho nitro benzene ring substituents is 1. The van der Waals surface area contributed by atoms with Gasteiger partial charge in [0.15, 0.2) is 4.80 Å². The minimum atomic E-state index is -0.772. The SMILES string of the molecule is CCOC(=O)C1=C(C)N=c2s/c(=C\c3ccc(Oc4ccc([N+](=O)[O-])cc4[N+](=O)[O-])cc3)c(=O)n2[C@H]1c1ccc(OC)cc1. The molecular weight excluding hydrogens is 592 g/mol. The van der Waals surface area contributed by atoms with Gasteiger partial charge in [0.05, 0.1) is 51.5 Å². The van der Waals surface area contributed by atoms with Crippen LogP contribution < -0.4 is 24.4 Å².